The molecule has 5 rings (SSSR count). The number of ketones is 1. The van der Waals surface area contributed by atoms with Gasteiger partial charge in [-0.1, -0.05) is 29.8 Å². The van der Waals surface area contributed by atoms with Crippen molar-refractivity contribution in [2.75, 3.05) is 56.2 Å². The van der Waals surface area contributed by atoms with Gasteiger partial charge in [-0.25, -0.2) is 0 Å². The van der Waals surface area contributed by atoms with Gasteiger partial charge < -0.3 is 24.4 Å². The topological polar surface area (TPSA) is 82.5 Å². The SMILES string of the molecule is CCOc1ccc(/C(O)=C2/C(=O)C(=O)N(c3ccc(N4CCN(C)CC4)cc3)C2c2cccc(C)c2)c(OCC)c1. The van der Waals surface area contributed by atoms with Crippen LogP contribution in [-0.4, -0.2) is 68.1 Å². The zero-order valence-corrected chi connectivity index (χ0v) is 24.1. The van der Waals surface area contributed by atoms with E-state index in [1.54, 1.807) is 18.2 Å². The highest BCUT2D eigenvalue weighted by Gasteiger charge is 2.47. The molecule has 1 N–H and O–H groups in total. The van der Waals surface area contributed by atoms with Gasteiger partial charge in [-0.15, -0.1) is 0 Å². The third-order valence-electron chi connectivity index (χ3n) is 7.62. The van der Waals surface area contributed by atoms with Crippen molar-refractivity contribution in [2.45, 2.75) is 26.8 Å². The smallest absolute Gasteiger partial charge is 0.300 e. The summed E-state index contributed by atoms with van der Waals surface area (Å²) in [7, 11) is 2.12. The van der Waals surface area contributed by atoms with Crippen LogP contribution in [0.5, 0.6) is 11.5 Å². The van der Waals surface area contributed by atoms with Crippen LogP contribution < -0.4 is 19.3 Å². The van der Waals surface area contributed by atoms with Gasteiger partial charge in [0.05, 0.1) is 30.4 Å². The number of aryl methyl sites for hydroxylation is 1. The maximum Gasteiger partial charge on any atom is 0.300 e. The molecule has 0 bridgehead atoms. The second-order valence-corrected chi connectivity index (χ2v) is 10.4. The second kappa shape index (κ2) is 12.1. The van der Waals surface area contributed by atoms with Crippen LogP contribution in [0.1, 0.15) is 36.6 Å². The van der Waals surface area contributed by atoms with E-state index in [4.69, 9.17) is 9.47 Å². The predicted octanol–water partition coefficient (Wildman–Crippen LogP) is 5.17. The molecule has 2 aliphatic rings. The number of rotatable bonds is 8. The van der Waals surface area contributed by atoms with Crippen LogP contribution in [0, 0.1) is 6.92 Å². The molecule has 1 atom stereocenters. The fourth-order valence-electron chi connectivity index (χ4n) is 5.52. The summed E-state index contributed by atoms with van der Waals surface area (Å²) < 4.78 is 11.4. The number of aliphatic hydroxyl groups excluding tert-OH is 1. The number of likely N-dealkylation sites (N-methyl/N-ethyl adjacent to an activating group) is 1. The molecule has 2 fully saturated rings. The first-order valence-corrected chi connectivity index (χ1v) is 14.1. The van der Waals surface area contributed by atoms with E-state index in [1.165, 1.54) is 4.90 Å². The highest BCUT2D eigenvalue weighted by molar-refractivity contribution is 6.51. The Labute approximate surface area is 241 Å². The number of piperazine rings is 1. The van der Waals surface area contributed by atoms with Gasteiger partial charge in [0.1, 0.15) is 17.3 Å². The number of hydrogen-bond acceptors (Lipinski definition) is 7. The summed E-state index contributed by atoms with van der Waals surface area (Å²) in [6, 6.07) is 19.7. The van der Waals surface area contributed by atoms with Gasteiger partial charge in [0, 0.05) is 43.6 Å². The minimum atomic E-state index is -0.814. The summed E-state index contributed by atoms with van der Waals surface area (Å²) >= 11 is 0. The molecule has 214 valence electrons. The average molecular weight is 556 g/mol. The molecule has 0 aromatic heterocycles. The first kappa shape index (κ1) is 28.2. The molecule has 0 aliphatic carbocycles. The lowest BCUT2D eigenvalue weighted by Crippen LogP contribution is -2.44. The molecule has 3 aromatic rings. The van der Waals surface area contributed by atoms with Crippen molar-refractivity contribution < 1.29 is 24.2 Å². The molecule has 41 heavy (non-hydrogen) atoms. The Morgan fingerprint density at radius 3 is 2.22 bits per heavy atom. The Kier molecular flexibility index (Phi) is 8.31. The number of anilines is 2. The number of carbonyl (C=O) groups is 2. The molecule has 0 saturated carbocycles. The van der Waals surface area contributed by atoms with Gasteiger partial charge >= 0.3 is 0 Å². The lowest BCUT2D eigenvalue weighted by molar-refractivity contribution is -0.132. The first-order valence-electron chi connectivity index (χ1n) is 14.1. The van der Waals surface area contributed by atoms with E-state index in [9.17, 15) is 14.7 Å². The fourth-order valence-corrected chi connectivity index (χ4v) is 5.52. The average Bonchev–Trinajstić information content (AvgIpc) is 3.24. The number of nitrogens with zero attached hydrogens (tertiary/aromatic N) is 3. The van der Waals surface area contributed by atoms with E-state index in [0.717, 1.165) is 43.0 Å². The van der Waals surface area contributed by atoms with Gasteiger partial charge in [-0.05, 0) is 69.8 Å². The van der Waals surface area contributed by atoms with Gasteiger partial charge in [0.25, 0.3) is 11.7 Å². The third-order valence-corrected chi connectivity index (χ3v) is 7.62. The Morgan fingerprint density at radius 1 is 0.878 bits per heavy atom. The molecule has 3 aromatic carbocycles. The number of carbonyl (C=O) groups excluding carboxylic acids is 2. The van der Waals surface area contributed by atoms with Gasteiger partial charge in [0.2, 0.25) is 0 Å². The fraction of sp³-hybridized carbons (Fsp3) is 0.333. The second-order valence-electron chi connectivity index (χ2n) is 10.4. The van der Waals surface area contributed by atoms with E-state index in [0.29, 0.717) is 36.0 Å². The molecule has 0 spiro atoms. The minimum absolute atomic E-state index is 0.0221. The Balaban J connectivity index is 1.60. The summed E-state index contributed by atoms with van der Waals surface area (Å²) in [5.41, 5.74) is 3.73. The molecule has 1 unspecified atom stereocenters. The molecular formula is C33H37N3O5. The molecule has 8 heteroatoms. The van der Waals surface area contributed by atoms with E-state index in [1.807, 2.05) is 69.3 Å². The molecule has 2 saturated heterocycles. The number of benzene rings is 3. The maximum atomic E-state index is 13.7. The predicted molar refractivity (Wildman–Crippen MR) is 161 cm³/mol. The Morgan fingerprint density at radius 2 is 1.56 bits per heavy atom. The molecule has 8 nitrogen and oxygen atoms in total. The van der Waals surface area contributed by atoms with Crippen LogP contribution in [-0.2, 0) is 9.59 Å². The van der Waals surface area contributed by atoms with Crippen LogP contribution in [0.2, 0.25) is 0 Å². The molecule has 2 aliphatic heterocycles. The molecular weight excluding hydrogens is 518 g/mol. The van der Waals surface area contributed by atoms with Crippen molar-refractivity contribution in [1.82, 2.24) is 4.90 Å². The monoisotopic (exact) mass is 555 g/mol. The van der Waals surface area contributed by atoms with Gasteiger partial charge in [-0.3, -0.25) is 14.5 Å². The van der Waals surface area contributed by atoms with Crippen molar-refractivity contribution in [1.29, 1.82) is 0 Å². The van der Waals surface area contributed by atoms with Gasteiger partial charge in [0.15, 0.2) is 0 Å². The largest absolute Gasteiger partial charge is 0.507 e. The lowest BCUT2D eigenvalue weighted by atomic mass is 9.94. The van der Waals surface area contributed by atoms with Crippen molar-refractivity contribution in [3.8, 4) is 11.5 Å². The summed E-state index contributed by atoms with van der Waals surface area (Å²) in [4.78, 5) is 33.4. The van der Waals surface area contributed by atoms with E-state index in [2.05, 4.69) is 16.8 Å². The zero-order valence-electron chi connectivity index (χ0n) is 24.1. The lowest BCUT2D eigenvalue weighted by Gasteiger charge is -2.34. The summed E-state index contributed by atoms with van der Waals surface area (Å²) in [5.74, 6) is -0.744. The van der Waals surface area contributed by atoms with Crippen molar-refractivity contribution in [2.24, 2.45) is 0 Å². The van der Waals surface area contributed by atoms with Crippen LogP contribution in [0.3, 0.4) is 0 Å². The van der Waals surface area contributed by atoms with Crippen LogP contribution >= 0.6 is 0 Å². The van der Waals surface area contributed by atoms with Crippen molar-refractivity contribution in [3.05, 3.63) is 89.0 Å². The standard InChI is InChI=1S/C33H37N3O5/c1-5-40-26-14-15-27(28(21-26)41-6-2)31(37)29-30(23-9-7-8-22(3)20-23)36(33(39)32(29)38)25-12-10-24(11-13-25)35-18-16-34(4)17-19-35/h7-15,20-21,30,37H,5-6,16-19H2,1-4H3/b31-29-. The quantitative estimate of drug-likeness (QED) is 0.233. The van der Waals surface area contributed by atoms with Crippen LogP contribution in [0.25, 0.3) is 5.76 Å². The highest BCUT2D eigenvalue weighted by atomic mass is 16.5. The van der Waals surface area contributed by atoms with Crippen LogP contribution in [0.15, 0.2) is 72.3 Å². The van der Waals surface area contributed by atoms with E-state index in [-0.39, 0.29) is 11.3 Å². The van der Waals surface area contributed by atoms with Crippen molar-refractivity contribution >= 4 is 28.8 Å². The maximum absolute atomic E-state index is 13.7. The summed E-state index contributed by atoms with van der Waals surface area (Å²) in [5, 5.41) is 11.7. The number of amides is 1. The number of ether oxygens (including phenoxy) is 2. The molecule has 0 radical (unpaired) electrons. The summed E-state index contributed by atoms with van der Waals surface area (Å²) in [6.07, 6.45) is 0. The summed E-state index contributed by atoms with van der Waals surface area (Å²) in [6.45, 7) is 10.3. The normalized spacial score (nSPS) is 19.1. The zero-order chi connectivity index (χ0) is 29.1. The number of Topliss-reactive ketones (excluding diaryl/α,β-unsaturated/α-hetero) is 1. The van der Waals surface area contributed by atoms with Gasteiger partial charge in [-0.2, -0.15) is 0 Å². The van der Waals surface area contributed by atoms with Crippen LogP contribution in [0.4, 0.5) is 11.4 Å². The number of aliphatic hydroxyl groups is 1. The van der Waals surface area contributed by atoms with Crippen molar-refractivity contribution in [3.63, 3.8) is 0 Å². The highest BCUT2D eigenvalue weighted by Crippen LogP contribution is 2.44. The number of hydrogen-bond donors (Lipinski definition) is 1. The first-order chi connectivity index (χ1) is 19.8. The molecule has 2 heterocycles. The Hall–Kier alpha value is -4.30. The minimum Gasteiger partial charge on any atom is -0.507 e. The Bertz CT molecular complexity index is 1460. The van der Waals surface area contributed by atoms with E-state index < -0.39 is 17.7 Å². The molecule has 1 amide bonds. The third kappa shape index (κ3) is 5.65. The van der Waals surface area contributed by atoms with E-state index >= 15 is 0 Å².